The van der Waals surface area contributed by atoms with Gasteiger partial charge in [-0.2, -0.15) is 9.78 Å². The lowest BCUT2D eigenvalue weighted by atomic mass is 10.0. The van der Waals surface area contributed by atoms with Gasteiger partial charge in [-0.1, -0.05) is 0 Å². The van der Waals surface area contributed by atoms with E-state index in [1.165, 1.54) is 6.20 Å². The van der Waals surface area contributed by atoms with Gasteiger partial charge in [0.25, 0.3) is 0 Å². The molecule has 1 N–H and O–H groups in total. The van der Waals surface area contributed by atoms with Crippen LogP contribution >= 0.6 is 8.46 Å². The van der Waals surface area contributed by atoms with Crippen LogP contribution in [-0.2, 0) is 18.8 Å². The third kappa shape index (κ3) is 5.21. The fourth-order valence-electron chi connectivity index (χ4n) is 4.81. The number of ether oxygens (including phenoxy) is 3. The Morgan fingerprint density at radius 1 is 1.25 bits per heavy atom. The van der Waals surface area contributed by atoms with Crippen molar-refractivity contribution in [2.24, 2.45) is 5.92 Å². The van der Waals surface area contributed by atoms with E-state index in [2.05, 4.69) is 15.4 Å². The molecule has 0 spiro atoms. The summed E-state index contributed by atoms with van der Waals surface area (Å²) >= 11 is 0. The molecule has 0 bridgehead atoms. The van der Waals surface area contributed by atoms with E-state index in [9.17, 15) is 14.2 Å². The van der Waals surface area contributed by atoms with E-state index in [0.717, 1.165) is 4.68 Å². The molecule has 11 heteroatoms. The number of anilines is 1. The number of ketones is 1. The van der Waals surface area contributed by atoms with Crippen LogP contribution in [0.2, 0.25) is 0 Å². The molecule has 194 valence electrons. The molecule has 1 aliphatic heterocycles. The van der Waals surface area contributed by atoms with Crippen LogP contribution in [0.4, 0.5) is 10.5 Å². The van der Waals surface area contributed by atoms with Gasteiger partial charge in [0, 0.05) is 35.7 Å². The van der Waals surface area contributed by atoms with Crippen LogP contribution < -0.4 is 5.32 Å². The fourth-order valence-corrected chi connectivity index (χ4v) is 5.36. The Kier molecular flexibility index (Phi) is 7.07. The Morgan fingerprint density at radius 3 is 2.61 bits per heavy atom. The largest absolute Gasteiger partial charge is 0.442 e. The Hall–Kier alpha value is -2.68. The quantitative estimate of drug-likeness (QED) is 0.436. The fraction of sp³-hybridized carbons (Fsp3) is 0.600. The highest BCUT2D eigenvalue weighted by molar-refractivity contribution is 7.23. The lowest BCUT2D eigenvalue weighted by Crippen LogP contribution is -2.34. The lowest BCUT2D eigenvalue weighted by molar-refractivity contribution is -0.156. The van der Waals surface area contributed by atoms with E-state index in [1.807, 2.05) is 13.8 Å². The highest BCUT2D eigenvalue weighted by atomic mass is 31.1. The molecule has 1 saturated carbocycles. The third-order valence-corrected chi connectivity index (χ3v) is 7.11. The summed E-state index contributed by atoms with van der Waals surface area (Å²) in [4.78, 5) is 30.4. The zero-order valence-corrected chi connectivity index (χ0v) is 22.6. The molecular formula is C25H33N4O6P. The van der Waals surface area contributed by atoms with Crippen molar-refractivity contribution >= 4 is 26.0 Å². The maximum atomic E-state index is 13.6. The zero-order chi connectivity index (χ0) is 26.4. The van der Waals surface area contributed by atoms with E-state index >= 15 is 0 Å². The number of rotatable bonds is 6. The number of nitrogens with one attached hydrogen (secondary N) is 1. The molecule has 4 atom stereocenters. The van der Waals surface area contributed by atoms with Crippen molar-refractivity contribution in [3.05, 3.63) is 41.0 Å². The second-order valence-electron chi connectivity index (χ2n) is 10.8. The molecule has 2 aliphatic rings. The molecule has 4 rings (SSSR count). The maximum absolute atomic E-state index is 13.6. The first kappa shape index (κ1) is 26.4. The van der Waals surface area contributed by atoms with Gasteiger partial charge in [0.2, 0.25) is 5.78 Å². The topological polar surface area (TPSA) is 122 Å². The highest BCUT2D eigenvalue weighted by Crippen LogP contribution is 2.44. The van der Waals surface area contributed by atoms with Crippen molar-refractivity contribution in [2.75, 3.05) is 11.5 Å². The van der Waals surface area contributed by atoms with E-state index in [0.29, 0.717) is 35.1 Å². The van der Waals surface area contributed by atoms with Gasteiger partial charge >= 0.3 is 6.09 Å². The normalized spacial score (nSPS) is 25.1. The van der Waals surface area contributed by atoms with Crippen LogP contribution in [0.5, 0.6) is 0 Å². The number of hydrogen-bond donors (Lipinski definition) is 1. The van der Waals surface area contributed by atoms with Gasteiger partial charge < -0.3 is 19.5 Å². The molecular weight excluding hydrogens is 483 g/mol. The molecule has 10 nitrogen and oxygen atoms in total. The summed E-state index contributed by atoms with van der Waals surface area (Å²) in [5.74, 6) is -1.04. The summed E-state index contributed by atoms with van der Waals surface area (Å²) in [7, 11) is 0.0634. The van der Waals surface area contributed by atoms with Crippen LogP contribution in [0.25, 0.3) is 0 Å². The number of carbonyl (C=O) groups excluding carboxylic acids is 2. The number of hydrogen-bond acceptors (Lipinski definition) is 9. The summed E-state index contributed by atoms with van der Waals surface area (Å²) in [5.41, 5.74) is 1.49. The van der Waals surface area contributed by atoms with Crippen molar-refractivity contribution < 1.29 is 28.4 Å². The third-order valence-electron chi connectivity index (χ3n) is 6.49. The first-order valence-corrected chi connectivity index (χ1v) is 13.0. The van der Waals surface area contributed by atoms with Gasteiger partial charge in [-0.05, 0) is 61.0 Å². The summed E-state index contributed by atoms with van der Waals surface area (Å²) in [5, 5.41) is 7.76. The molecule has 1 aliphatic carbocycles. The first-order chi connectivity index (χ1) is 16.8. The first-order valence-electron chi connectivity index (χ1n) is 12.0. The van der Waals surface area contributed by atoms with Crippen molar-refractivity contribution in [3.63, 3.8) is 0 Å². The molecule has 0 unspecified atom stereocenters. The minimum atomic E-state index is -0.742. The van der Waals surface area contributed by atoms with Crippen LogP contribution in [0.15, 0.2) is 18.5 Å². The average Bonchev–Trinajstić information content (AvgIpc) is 3.37. The zero-order valence-electron chi connectivity index (χ0n) is 21.7. The number of carbonyl (C=O) groups is 2. The molecule has 2 aromatic heterocycles. The lowest BCUT2D eigenvalue weighted by Gasteiger charge is -2.24. The summed E-state index contributed by atoms with van der Waals surface area (Å²) in [6.45, 7) is 12.5. The predicted octanol–water partition coefficient (Wildman–Crippen LogP) is 4.52. The van der Waals surface area contributed by atoms with Crippen molar-refractivity contribution in [2.45, 2.75) is 84.5 Å². The number of aromatic nitrogens is 3. The Morgan fingerprint density at radius 2 is 1.94 bits per heavy atom. The van der Waals surface area contributed by atoms with Crippen molar-refractivity contribution in [1.82, 2.24) is 14.8 Å². The number of nitrogens with zero attached hydrogens (tertiary/aromatic N) is 3. The summed E-state index contributed by atoms with van der Waals surface area (Å²) in [6.07, 6.45) is 3.17. The molecule has 0 amide bonds. The average molecular weight is 517 g/mol. The van der Waals surface area contributed by atoms with E-state index < -0.39 is 17.5 Å². The summed E-state index contributed by atoms with van der Waals surface area (Å²) < 4.78 is 30.2. The van der Waals surface area contributed by atoms with Crippen LogP contribution in [0.3, 0.4) is 0 Å². The van der Waals surface area contributed by atoms with Gasteiger partial charge in [-0.25, -0.2) is 4.79 Å². The molecule has 36 heavy (non-hydrogen) atoms. The van der Waals surface area contributed by atoms with Crippen molar-refractivity contribution in [3.8, 4) is 0 Å². The summed E-state index contributed by atoms with van der Waals surface area (Å²) in [6, 6.07) is 1.58. The minimum Gasteiger partial charge on any atom is -0.442 e. The molecule has 0 radical (unpaired) electrons. The van der Waals surface area contributed by atoms with Gasteiger partial charge in [-0.3, -0.25) is 14.3 Å². The Labute approximate surface area is 212 Å². The Balaban J connectivity index is 1.61. The second-order valence-corrected chi connectivity index (χ2v) is 11.4. The van der Waals surface area contributed by atoms with Gasteiger partial charge in [0.1, 0.15) is 17.4 Å². The highest BCUT2D eigenvalue weighted by Gasteiger charge is 2.54. The molecule has 2 fully saturated rings. The smallest absolute Gasteiger partial charge is 0.435 e. The minimum absolute atomic E-state index is 0.0591. The van der Waals surface area contributed by atoms with E-state index in [4.69, 9.17) is 14.2 Å². The number of pyridine rings is 1. The van der Waals surface area contributed by atoms with Crippen LogP contribution in [-0.4, -0.2) is 62.4 Å². The van der Waals surface area contributed by atoms with Gasteiger partial charge in [0.05, 0.1) is 23.4 Å². The molecule has 0 aromatic carbocycles. The number of fused-ring (bicyclic) bond motifs is 1. The molecule has 3 heterocycles. The van der Waals surface area contributed by atoms with Crippen LogP contribution in [0, 0.1) is 19.8 Å². The monoisotopic (exact) mass is 516 g/mol. The Bertz CT molecular complexity index is 1190. The second kappa shape index (κ2) is 9.65. The molecule has 2 aromatic rings. The SMILES string of the molecule is Cc1c(C(=O)c2cnccc2N[C@@H]2C[C@H](CP=O)[C@H]3OC(C)(C)O[C@H]32)nn(C(=O)OC(C)(C)C)c1C. The van der Waals surface area contributed by atoms with Crippen molar-refractivity contribution in [1.29, 1.82) is 0 Å². The van der Waals surface area contributed by atoms with Crippen LogP contribution in [0.1, 0.15) is 68.3 Å². The van der Waals surface area contributed by atoms with Gasteiger partial charge in [0.15, 0.2) is 14.2 Å². The van der Waals surface area contributed by atoms with E-state index in [1.54, 1.807) is 46.9 Å². The predicted molar refractivity (Wildman–Crippen MR) is 133 cm³/mol. The standard InChI is InChI=1S/C25H33N4O6P/c1-13-14(2)29(23(31)35-24(3,4)5)28-19(13)20(30)16-11-26-9-8-17(16)27-18-10-15(12-36-32)21-22(18)34-25(6,7)33-21/h8-9,11,15,18,21-22H,10,12H2,1-7H3,(H,26,27)/t15-,18-,21-,22+/m1/s1. The van der Waals surface area contributed by atoms with Gasteiger partial charge in [-0.15, -0.1) is 0 Å². The maximum Gasteiger partial charge on any atom is 0.435 e. The molecule has 1 saturated heterocycles. The van der Waals surface area contributed by atoms with E-state index in [-0.39, 0.29) is 44.1 Å².